The van der Waals surface area contributed by atoms with E-state index in [0.717, 1.165) is 40.9 Å². The minimum absolute atomic E-state index is 0.0624. The SMILES string of the molecule is Cc1ccc(-c2csc3ncn(CCC(=O)N4CCC[C@@H]4c4cccnc4)c(=O)c23)cc1. The van der Waals surface area contributed by atoms with E-state index >= 15 is 0 Å². The maximum Gasteiger partial charge on any atom is 0.262 e. The lowest BCUT2D eigenvalue weighted by Crippen LogP contribution is -2.32. The number of amides is 1. The summed E-state index contributed by atoms with van der Waals surface area (Å²) in [6.45, 7) is 3.10. The number of pyridine rings is 1. The van der Waals surface area contributed by atoms with Crippen LogP contribution in [0.1, 0.15) is 36.4 Å². The van der Waals surface area contributed by atoms with E-state index in [0.29, 0.717) is 11.9 Å². The predicted octanol–water partition coefficient (Wildman–Crippen LogP) is 4.58. The molecule has 1 aromatic carbocycles. The van der Waals surface area contributed by atoms with Crippen molar-refractivity contribution in [3.05, 3.63) is 82.0 Å². The smallest absolute Gasteiger partial charge is 0.262 e. The van der Waals surface area contributed by atoms with Gasteiger partial charge in [0.25, 0.3) is 5.56 Å². The van der Waals surface area contributed by atoms with Gasteiger partial charge in [-0.25, -0.2) is 4.98 Å². The number of hydrogen-bond donors (Lipinski definition) is 0. The van der Waals surface area contributed by atoms with Gasteiger partial charge in [0.15, 0.2) is 0 Å². The highest BCUT2D eigenvalue weighted by atomic mass is 32.1. The zero-order valence-electron chi connectivity index (χ0n) is 17.9. The number of aryl methyl sites for hydroxylation is 2. The average Bonchev–Trinajstić information content (AvgIpc) is 3.48. The van der Waals surface area contributed by atoms with Crippen LogP contribution in [0, 0.1) is 6.92 Å². The van der Waals surface area contributed by atoms with Crippen molar-refractivity contribution in [2.24, 2.45) is 0 Å². The molecule has 1 atom stereocenters. The Morgan fingerprint density at radius 2 is 2.06 bits per heavy atom. The second kappa shape index (κ2) is 8.67. The van der Waals surface area contributed by atoms with Crippen molar-refractivity contribution in [2.75, 3.05) is 6.54 Å². The lowest BCUT2D eigenvalue weighted by molar-refractivity contribution is -0.132. The molecule has 4 heterocycles. The van der Waals surface area contributed by atoms with Crippen LogP contribution in [0.4, 0.5) is 0 Å². The number of carbonyl (C=O) groups is 1. The molecule has 0 spiro atoms. The molecule has 4 aromatic rings. The van der Waals surface area contributed by atoms with Crippen LogP contribution in [-0.4, -0.2) is 31.9 Å². The van der Waals surface area contributed by atoms with E-state index in [2.05, 4.69) is 9.97 Å². The average molecular weight is 445 g/mol. The van der Waals surface area contributed by atoms with Gasteiger partial charge in [-0.15, -0.1) is 11.3 Å². The molecule has 0 saturated carbocycles. The summed E-state index contributed by atoms with van der Waals surface area (Å²) < 4.78 is 1.57. The Hall–Kier alpha value is -3.32. The van der Waals surface area contributed by atoms with Crippen molar-refractivity contribution in [3.8, 4) is 11.1 Å². The highest BCUT2D eigenvalue weighted by Gasteiger charge is 2.29. The molecule has 5 rings (SSSR count). The fourth-order valence-electron chi connectivity index (χ4n) is 4.42. The zero-order valence-corrected chi connectivity index (χ0v) is 18.7. The molecule has 0 radical (unpaired) electrons. The van der Waals surface area contributed by atoms with Crippen LogP contribution >= 0.6 is 11.3 Å². The van der Waals surface area contributed by atoms with Gasteiger partial charge in [-0.3, -0.25) is 19.1 Å². The van der Waals surface area contributed by atoms with Gasteiger partial charge < -0.3 is 4.90 Å². The number of carbonyl (C=O) groups excluding carboxylic acids is 1. The Balaban J connectivity index is 1.37. The number of fused-ring (bicyclic) bond motifs is 1. The molecule has 32 heavy (non-hydrogen) atoms. The van der Waals surface area contributed by atoms with Gasteiger partial charge in [0.1, 0.15) is 4.83 Å². The molecule has 6 nitrogen and oxygen atoms in total. The molecule has 0 unspecified atom stereocenters. The Morgan fingerprint density at radius 1 is 1.22 bits per heavy atom. The van der Waals surface area contributed by atoms with E-state index in [-0.39, 0.29) is 23.9 Å². The summed E-state index contributed by atoms with van der Waals surface area (Å²) in [5, 5.41) is 2.62. The second-order valence-electron chi connectivity index (χ2n) is 8.22. The molecule has 3 aromatic heterocycles. The number of thiophene rings is 1. The van der Waals surface area contributed by atoms with E-state index in [1.54, 1.807) is 17.1 Å². The lowest BCUT2D eigenvalue weighted by atomic mass is 10.1. The molecule has 0 aliphatic carbocycles. The third-order valence-corrected chi connectivity index (χ3v) is 7.02. The summed E-state index contributed by atoms with van der Waals surface area (Å²) in [7, 11) is 0. The van der Waals surface area contributed by atoms with Crippen molar-refractivity contribution in [3.63, 3.8) is 0 Å². The number of nitrogens with zero attached hydrogens (tertiary/aromatic N) is 4. The van der Waals surface area contributed by atoms with Crippen molar-refractivity contribution >= 4 is 27.5 Å². The van der Waals surface area contributed by atoms with E-state index < -0.39 is 0 Å². The van der Waals surface area contributed by atoms with Crippen LogP contribution in [0.25, 0.3) is 21.3 Å². The summed E-state index contributed by atoms with van der Waals surface area (Å²) in [5.74, 6) is 0.0624. The van der Waals surface area contributed by atoms with Crippen molar-refractivity contribution in [1.82, 2.24) is 19.4 Å². The standard InChI is InChI=1S/C25H24N4O2S/c1-17-6-8-18(9-7-17)20-15-32-24-23(20)25(31)28(16-27-24)13-10-22(30)29-12-3-5-21(29)19-4-2-11-26-14-19/h2,4,6-9,11,14-16,21H,3,5,10,12-13H2,1H3/t21-/m1/s1. The van der Waals surface area contributed by atoms with Gasteiger partial charge in [0, 0.05) is 42.8 Å². The van der Waals surface area contributed by atoms with E-state index in [1.165, 1.54) is 16.9 Å². The highest BCUT2D eigenvalue weighted by molar-refractivity contribution is 7.17. The number of likely N-dealkylation sites (tertiary alicyclic amines) is 1. The summed E-state index contributed by atoms with van der Waals surface area (Å²) >= 11 is 1.47. The number of hydrogen-bond acceptors (Lipinski definition) is 5. The van der Waals surface area contributed by atoms with Gasteiger partial charge in [-0.2, -0.15) is 0 Å². The monoisotopic (exact) mass is 444 g/mol. The molecule has 1 aliphatic heterocycles. The van der Waals surface area contributed by atoms with Crippen molar-refractivity contribution in [1.29, 1.82) is 0 Å². The summed E-state index contributed by atoms with van der Waals surface area (Å²) in [4.78, 5) is 37.6. The Bertz CT molecular complexity index is 1310. The molecule has 7 heteroatoms. The largest absolute Gasteiger partial charge is 0.336 e. The molecule has 0 N–H and O–H groups in total. The van der Waals surface area contributed by atoms with Crippen LogP contribution in [0.2, 0.25) is 0 Å². The van der Waals surface area contributed by atoms with Gasteiger partial charge in [-0.05, 0) is 37.0 Å². The molecule has 162 valence electrons. The molecular formula is C25H24N4O2S. The third kappa shape index (κ3) is 3.84. The first-order chi connectivity index (χ1) is 15.6. The topological polar surface area (TPSA) is 68.1 Å². The predicted molar refractivity (Wildman–Crippen MR) is 127 cm³/mol. The molecule has 1 fully saturated rings. The molecule has 0 bridgehead atoms. The molecule has 1 aliphatic rings. The Morgan fingerprint density at radius 3 is 2.84 bits per heavy atom. The third-order valence-electron chi connectivity index (χ3n) is 6.13. The van der Waals surface area contributed by atoms with Gasteiger partial charge in [0.05, 0.1) is 17.8 Å². The molecule has 1 amide bonds. The summed E-state index contributed by atoms with van der Waals surface area (Å²) in [5.41, 5.74) is 4.06. The van der Waals surface area contributed by atoms with Crippen LogP contribution in [0.15, 0.2) is 65.3 Å². The fourth-order valence-corrected chi connectivity index (χ4v) is 5.32. The van der Waals surface area contributed by atoms with E-state index in [9.17, 15) is 9.59 Å². The summed E-state index contributed by atoms with van der Waals surface area (Å²) in [6.07, 6.45) is 7.34. The minimum atomic E-state index is -0.0927. The van der Waals surface area contributed by atoms with Gasteiger partial charge >= 0.3 is 0 Å². The Labute approximate surface area is 190 Å². The summed E-state index contributed by atoms with van der Waals surface area (Å²) in [6, 6.07) is 12.1. The van der Waals surface area contributed by atoms with Crippen LogP contribution in [-0.2, 0) is 11.3 Å². The molecule has 1 saturated heterocycles. The van der Waals surface area contributed by atoms with Crippen LogP contribution in [0.3, 0.4) is 0 Å². The molecular weight excluding hydrogens is 420 g/mol. The van der Waals surface area contributed by atoms with E-state index in [4.69, 9.17) is 0 Å². The maximum atomic E-state index is 13.3. The van der Waals surface area contributed by atoms with E-state index in [1.807, 2.05) is 59.8 Å². The maximum absolute atomic E-state index is 13.3. The minimum Gasteiger partial charge on any atom is -0.336 e. The van der Waals surface area contributed by atoms with Gasteiger partial charge in [-0.1, -0.05) is 35.9 Å². The number of benzene rings is 1. The van der Waals surface area contributed by atoms with Crippen molar-refractivity contribution in [2.45, 2.75) is 38.8 Å². The first-order valence-electron chi connectivity index (χ1n) is 10.8. The Kier molecular flexibility index (Phi) is 5.57. The first-order valence-corrected chi connectivity index (χ1v) is 11.7. The fraction of sp³-hybridized carbons (Fsp3) is 0.280. The number of rotatable bonds is 5. The zero-order chi connectivity index (χ0) is 22.1. The van der Waals surface area contributed by atoms with Crippen molar-refractivity contribution < 1.29 is 4.79 Å². The van der Waals surface area contributed by atoms with Crippen LogP contribution < -0.4 is 5.56 Å². The first kappa shape index (κ1) is 20.6. The second-order valence-corrected chi connectivity index (χ2v) is 9.08. The van der Waals surface area contributed by atoms with Crippen LogP contribution in [0.5, 0.6) is 0 Å². The lowest BCUT2D eigenvalue weighted by Gasteiger charge is -2.25. The normalized spacial score (nSPS) is 16.0. The number of aromatic nitrogens is 3. The highest BCUT2D eigenvalue weighted by Crippen LogP contribution is 2.32. The quantitative estimate of drug-likeness (QED) is 0.452. The van der Waals surface area contributed by atoms with Gasteiger partial charge in [0.2, 0.25) is 5.91 Å².